The number of pyridine rings is 1. The Hall–Kier alpha value is -2.67. The van der Waals surface area contributed by atoms with Crippen molar-refractivity contribution in [1.29, 1.82) is 0 Å². The van der Waals surface area contributed by atoms with Gasteiger partial charge >= 0.3 is 6.09 Å². The molecule has 0 spiro atoms. The second-order valence-corrected chi connectivity index (χ2v) is 8.52. The number of ether oxygens (including phenoxy) is 1. The van der Waals surface area contributed by atoms with Crippen LogP contribution in [0.4, 0.5) is 4.79 Å². The predicted molar refractivity (Wildman–Crippen MR) is 115 cm³/mol. The normalized spacial score (nSPS) is 13.0. The Morgan fingerprint density at radius 1 is 1.24 bits per heavy atom. The molecule has 2 rings (SSSR count). The van der Waals surface area contributed by atoms with E-state index in [0.717, 1.165) is 16.5 Å². The number of aromatic nitrogens is 1. The van der Waals surface area contributed by atoms with Gasteiger partial charge in [0, 0.05) is 10.9 Å². The van der Waals surface area contributed by atoms with Gasteiger partial charge in [-0.05, 0) is 51.3 Å². The number of aryl methyl sites for hydroxylation is 1. The third-order valence-corrected chi connectivity index (χ3v) is 4.26. The second-order valence-electron chi connectivity index (χ2n) is 8.17. The number of hydrogen-bond donors (Lipinski definition) is 2. The van der Waals surface area contributed by atoms with Crippen molar-refractivity contribution in [1.82, 2.24) is 15.7 Å². The third kappa shape index (κ3) is 6.71. The Labute approximate surface area is 175 Å². The van der Waals surface area contributed by atoms with Crippen molar-refractivity contribution >= 4 is 40.7 Å². The molecule has 1 unspecified atom stereocenters. The SMILES string of the molecule is Cc1ccc2cc(C=NNC(=O)C(NC(=O)OC(C)(C)C)C(C)C)c(Cl)nc2c1. The van der Waals surface area contributed by atoms with Crippen LogP contribution >= 0.6 is 11.6 Å². The Bertz CT molecular complexity index is 935. The first-order valence-electron chi connectivity index (χ1n) is 9.35. The number of fused-ring (bicyclic) bond motifs is 1. The van der Waals surface area contributed by atoms with E-state index < -0.39 is 23.6 Å². The van der Waals surface area contributed by atoms with E-state index in [1.165, 1.54) is 6.21 Å². The summed E-state index contributed by atoms with van der Waals surface area (Å²) in [6.07, 6.45) is 0.768. The number of halogens is 1. The summed E-state index contributed by atoms with van der Waals surface area (Å²) >= 11 is 6.23. The van der Waals surface area contributed by atoms with Crippen LogP contribution in [0.2, 0.25) is 5.15 Å². The highest BCUT2D eigenvalue weighted by atomic mass is 35.5. The van der Waals surface area contributed by atoms with Gasteiger partial charge in [-0.2, -0.15) is 5.10 Å². The molecule has 7 nitrogen and oxygen atoms in total. The molecule has 29 heavy (non-hydrogen) atoms. The van der Waals surface area contributed by atoms with E-state index in [-0.39, 0.29) is 11.1 Å². The van der Waals surface area contributed by atoms with Crippen LogP contribution in [-0.2, 0) is 9.53 Å². The lowest BCUT2D eigenvalue weighted by Crippen LogP contribution is -2.49. The molecule has 1 atom stereocenters. The number of benzene rings is 1. The van der Waals surface area contributed by atoms with Gasteiger partial charge in [-0.25, -0.2) is 15.2 Å². The summed E-state index contributed by atoms with van der Waals surface area (Å²) in [7, 11) is 0. The van der Waals surface area contributed by atoms with Gasteiger partial charge in [0.1, 0.15) is 16.8 Å². The minimum Gasteiger partial charge on any atom is -0.444 e. The molecule has 2 amide bonds. The molecular formula is C21H27ClN4O3. The first kappa shape index (κ1) is 22.6. The van der Waals surface area contributed by atoms with Gasteiger partial charge in [-0.3, -0.25) is 4.79 Å². The summed E-state index contributed by atoms with van der Waals surface area (Å²) in [5.41, 5.74) is 4.24. The van der Waals surface area contributed by atoms with Gasteiger partial charge in [0.2, 0.25) is 0 Å². The number of rotatable bonds is 5. The molecule has 8 heteroatoms. The number of nitrogens with one attached hydrogen (secondary N) is 2. The van der Waals surface area contributed by atoms with Crippen LogP contribution in [0.15, 0.2) is 29.4 Å². The maximum absolute atomic E-state index is 12.5. The number of nitrogens with zero attached hydrogens (tertiary/aromatic N) is 2. The van der Waals surface area contributed by atoms with Gasteiger partial charge in [-0.1, -0.05) is 37.6 Å². The number of hydrazone groups is 1. The van der Waals surface area contributed by atoms with Crippen molar-refractivity contribution in [2.45, 2.75) is 53.2 Å². The predicted octanol–water partition coefficient (Wildman–Crippen LogP) is 4.20. The fourth-order valence-electron chi connectivity index (χ4n) is 2.56. The van der Waals surface area contributed by atoms with E-state index in [1.807, 2.05) is 45.0 Å². The van der Waals surface area contributed by atoms with Gasteiger partial charge in [0.15, 0.2) is 0 Å². The van der Waals surface area contributed by atoms with E-state index >= 15 is 0 Å². The van der Waals surface area contributed by atoms with Crippen LogP contribution in [-0.4, -0.2) is 34.8 Å². The van der Waals surface area contributed by atoms with E-state index in [4.69, 9.17) is 16.3 Å². The first-order chi connectivity index (χ1) is 13.5. The molecule has 0 aliphatic heterocycles. The maximum Gasteiger partial charge on any atom is 0.408 e. The van der Waals surface area contributed by atoms with Crippen molar-refractivity contribution in [3.63, 3.8) is 0 Å². The summed E-state index contributed by atoms with van der Waals surface area (Å²) in [5.74, 6) is -0.616. The molecule has 2 aromatic rings. The molecule has 1 aromatic heterocycles. The summed E-state index contributed by atoms with van der Waals surface area (Å²) in [5, 5.41) is 7.75. The molecule has 1 heterocycles. The van der Waals surface area contributed by atoms with Gasteiger partial charge in [0.25, 0.3) is 5.91 Å². The van der Waals surface area contributed by atoms with E-state index in [0.29, 0.717) is 5.56 Å². The lowest BCUT2D eigenvalue weighted by Gasteiger charge is -2.24. The maximum atomic E-state index is 12.5. The van der Waals surface area contributed by atoms with E-state index in [9.17, 15) is 9.59 Å². The highest BCUT2D eigenvalue weighted by molar-refractivity contribution is 6.32. The molecule has 0 radical (unpaired) electrons. The molecule has 0 aliphatic rings. The third-order valence-electron chi connectivity index (χ3n) is 3.95. The van der Waals surface area contributed by atoms with Gasteiger partial charge in [-0.15, -0.1) is 0 Å². The van der Waals surface area contributed by atoms with Crippen molar-refractivity contribution in [3.8, 4) is 0 Å². The van der Waals surface area contributed by atoms with Crippen LogP contribution in [0.3, 0.4) is 0 Å². The number of hydrogen-bond acceptors (Lipinski definition) is 5. The Morgan fingerprint density at radius 2 is 1.93 bits per heavy atom. The molecule has 0 saturated carbocycles. The zero-order chi connectivity index (χ0) is 21.8. The minimum absolute atomic E-state index is 0.160. The monoisotopic (exact) mass is 418 g/mol. The topological polar surface area (TPSA) is 92.7 Å². The second kappa shape index (κ2) is 9.22. The minimum atomic E-state index is -0.796. The van der Waals surface area contributed by atoms with Crippen LogP contribution in [0.1, 0.15) is 45.7 Å². The fourth-order valence-corrected chi connectivity index (χ4v) is 2.76. The summed E-state index contributed by atoms with van der Waals surface area (Å²) < 4.78 is 5.21. The van der Waals surface area contributed by atoms with Crippen molar-refractivity contribution < 1.29 is 14.3 Å². The molecule has 2 N–H and O–H groups in total. The van der Waals surface area contributed by atoms with Crippen LogP contribution in [0.25, 0.3) is 10.9 Å². The van der Waals surface area contributed by atoms with Gasteiger partial charge < -0.3 is 10.1 Å². The molecule has 0 bridgehead atoms. The highest BCUT2D eigenvalue weighted by Crippen LogP contribution is 2.20. The molecule has 0 fully saturated rings. The van der Waals surface area contributed by atoms with Crippen LogP contribution < -0.4 is 10.7 Å². The lowest BCUT2D eigenvalue weighted by atomic mass is 10.0. The molecule has 0 saturated heterocycles. The fraction of sp³-hybridized carbons (Fsp3) is 0.429. The average molecular weight is 419 g/mol. The number of carbonyl (C=O) groups is 2. The first-order valence-corrected chi connectivity index (χ1v) is 9.73. The Balaban J connectivity index is 2.08. The zero-order valence-corrected chi connectivity index (χ0v) is 18.3. The zero-order valence-electron chi connectivity index (χ0n) is 17.5. The summed E-state index contributed by atoms with van der Waals surface area (Å²) in [6.45, 7) is 10.9. The largest absolute Gasteiger partial charge is 0.444 e. The molecule has 156 valence electrons. The van der Waals surface area contributed by atoms with Crippen LogP contribution in [0.5, 0.6) is 0 Å². The molecule has 0 aliphatic carbocycles. The summed E-state index contributed by atoms with van der Waals surface area (Å²) in [6, 6.07) is 6.92. The number of carbonyl (C=O) groups excluding carboxylic acids is 2. The van der Waals surface area contributed by atoms with Crippen molar-refractivity contribution in [3.05, 3.63) is 40.5 Å². The average Bonchev–Trinajstić information content (AvgIpc) is 2.58. The van der Waals surface area contributed by atoms with Crippen molar-refractivity contribution in [2.75, 3.05) is 0 Å². The standard InChI is InChI=1S/C21H27ClN4O3/c1-12(2)17(25-20(28)29-21(4,5)6)19(27)26-23-11-15-10-14-8-7-13(3)9-16(14)24-18(15)22/h7-12,17H,1-6H3,(H,25,28)(H,26,27). The number of amides is 2. The van der Waals surface area contributed by atoms with Crippen LogP contribution in [0, 0.1) is 12.8 Å². The lowest BCUT2D eigenvalue weighted by molar-refractivity contribution is -0.124. The van der Waals surface area contributed by atoms with E-state index in [2.05, 4.69) is 20.8 Å². The quantitative estimate of drug-likeness (QED) is 0.432. The highest BCUT2D eigenvalue weighted by Gasteiger charge is 2.26. The molecular weight excluding hydrogens is 392 g/mol. The number of alkyl carbamates (subject to hydrolysis) is 1. The Morgan fingerprint density at radius 3 is 2.55 bits per heavy atom. The van der Waals surface area contributed by atoms with Gasteiger partial charge in [0.05, 0.1) is 11.7 Å². The smallest absolute Gasteiger partial charge is 0.408 e. The van der Waals surface area contributed by atoms with Crippen molar-refractivity contribution in [2.24, 2.45) is 11.0 Å². The summed E-state index contributed by atoms with van der Waals surface area (Å²) in [4.78, 5) is 28.8. The van der Waals surface area contributed by atoms with E-state index in [1.54, 1.807) is 20.8 Å². The molecule has 1 aromatic carbocycles. The Kier molecular flexibility index (Phi) is 7.19.